The van der Waals surface area contributed by atoms with Crippen LogP contribution in [0.5, 0.6) is 5.75 Å². The first-order valence-electron chi connectivity index (χ1n) is 14.9. The molecule has 1 atom stereocenters. The van der Waals surface area contributed by atoms with Gasteiger partial charge in [-0.1, -0.05) is 91.7 Å². The number of ether oxygens (including phenoxy) is 1. The highest BCUT2D eigenvalue weighted by Crippen LogP contribution is 2.32. The molecule has 0 heterocycles. The smallest absolute Gasteiger partial charge is 0.264 e. The molecule has 0 radical (unpaired) electrons. The molecule has 4 rings (SSSR count). The van der Waals surface area contributed by atoms with Crippen molar-refractivity contribution in [2.24, 2.45) is 0 Å². The lowest BCUT2D eigenvalue weighted by molar-refractivity contribution is -0.140. The van der Waals surface area contributed by atoms with Crippen LogP contribution >= 0.6 is 11.6 Å². The highest BCUT2D eigenvalue weighted by atomic mass is 35.5. The van der Waals surface area contributed by atoms with Crippen LogP contribution in [0.3, 0.4) is 0 Å². The van der Waals surface area contributed by atoms with Gasteiger partial charge in [-0.3, -0.25) is 13.9 Å². The molecule has 0 saturated carbocycles. The number of hydrogen-bond donors (Lipinski definition) is 1. The van der Waals surface area contributed by atoms with Crippen molar-refractivity contribution in [2.45, 2.75) is 43.7 Å². The summed E-state index contributed by atoms with van der Waals surface area (Å²) >= 11 is 6.40. The number of carbonyl (C=O) groups is 2. The standard InChI is InChI=1S/C35H37ClFN3O5S/c1-3-4-21-38-35(42)32(22-26-13-7-5-8-14-26)39(24-27-15-11-12-18-31(27)37)34(41)25-40(28-19-20-33(45-2)30(36)23-28)46(43,44)29-16-9-6-10-17-29/h5-20,23,32H,3-4,21-22,24-25H2,1-2H3,(H,38,42)/t32-/m0/s1. The molecule has 0 fully saturated rings. The fourth-order valence-corrected chi connectivity index (χ4v) is 6.61. The lowest BCUT2D eigenvalue weighted by atomic mass is 10.0. The van der Waals surface area contributed by atoms with E-state index < -0.39 is 40.2 Å². The van der Waals surface area contributed by atoms with Gasteiger partial charge in [-0.05, 0) is 48.4 Å². The maximum atomic E-state index is 15.0. The van der Waals surface area contributed by atoms with E-state index in [1.807, 2.05) is 37.3 Å². The van der Waals surface area contributed by atoms with E-state index in [1.54, 1.807) is 24.3 Å². The Hall–Kier alpha value is -4.41. The molecule has 4 aromatic carbocycles. The summed E-state index contributed by atoms with van der Waals surface area (Å²) in [6.45, 7) is 1.42. The van der Waals surface area contributed by atoms with Crippen molar-refractivity contribution < 1.29 is 27.1 Å². The molecule has 0 bridgehead atoms. The summed E-state index contributed by atoms with van der Waals surface area (Å²) in [7, 11) is -2.88. The van der Waals surface area contributed by atoms with Crippen LogP contribution < -0.4 is 14.4 Å². The first-order valence-corrected chi connectivity index (χ1v) is 16.7. The van der Waals surface area contributed by atoms with E-state index in [0.29, 0.717) is 12.3 Å². The summed E-state index contributed by atoms with van der Waals surface area (Å²) in [5.41, 5.74) is 1.07. The second-order valence-electron chi connectivity index (χ2n) is 10.6. The summed E-state index contributed by atoms with van der Waals surface area (Å²) in [4.78, 5) is 29.4. The van der Waals surface area contributed by atoms with Crippen LogP contribution in [-0.4, -0.2) is 51.4 Å². The van der Waals surface area contributed by atoms with E-state index in [4.69, 9.17) is 16.3 Å². The molecule has 46 heavy (non-hydrogen) atoms. The van der Waals surface area contributed by atoms with Crippen molar-refractivity contribution in [3.05, 3.63) is 125 Å². The number of methoxy groups -OCH3 is 1. The number of carbonyl (C=O) groups excluding carboxylic acids is 2. The second-order valence-corrected chi connectivity index (χ2v) is 12.9. The maximum Gasteiger partial charge on any atom is 0.264 e. The van der Waals surface area contributed by atoms with Gasteiger partial charge in [-0.15, -0.1) is 0 Å². The zero-order chi connectivity index (χ0) is 33.1. The number of nitrogens with zero attached hydrogens (tertiary/aromatic N) is 2. The Labute approximate surface area is 274 Å². The average molecular weight is 666 g/mol. The van der Waals surface area contributed by atoms with Gasteiger partial charge in [0.2, 0.25) is 11.8 Å². The third-order valence-electron chi connectivity index (χ3n) is 7.43. The summed E-state index contributed by atoms with van der Waals surface area (Å²) in [5.74, 6) is -1.37. The van der Waals surface area contributed by atoms with Crippen LogP contribution in [-0.2, 0) is 32.6 Å². The van der Waals surface area contributed by atoms with Gasteiger partial charge in [-0.25, -0.2) is 12.8 Å². The molecule has 8 nitrogen and oxygen atoms in total. The lowest BCUT2D eigenvalue weighted by Gasteiger charge is -2.34. The number of anilines is 1. The van der Waals surface area contributed by atoms with Gasteiger partial charge in [0.25, 0.3) is 10.0 Å². The minimum atomic E-state index is -4.31. The zero-order valence-corrected chi connectivity index (χ0v) is 27.3. The van der Waals surface area contributed by atoms with Gasteiger partial charge in [0.05, 0.1) is 22.7 Å². The van der Waals surface area contributed by atoms with Crippen LogP contribution in [0.25, 0.3) is 0 Å². The van der Waals surface area contributed by atoms with E-state index in [0.717, 1.165) is 22.7 Å². The molecular weight excluding hydrogens is 629 g/mol. The lowest BCUT2D eigenvalue weighted by Crippen LogP contribution is -2.53. The van der Waals surface area contributed by atoms with Crippen molar-refractivity contribution in [2.75, 3.05) is 24.5 Å². The maximum absolute atomic E-state index is 15.0. The van der Waals surface area contributed by atoms with Crippen molar-refractivity contribution in [3.8, 4) is 5.75 Å². The summed E-state index contributed by atoms with van der Waals surface area (Å²) in [5, 5.41) is 3.05. The van der Waals surface area contributed by atoms with Crippen LogP contribution in [0.15, 0.2) is 108 Å². The SMILES string of the molecule is CCCCNC(=O)[C@H](Cc1ccccc1)N(Cc1ccccc1F)C(=O)CN(c1ccc(OC)c(Cl)c1)S(=O)(=O)c1ccccc1. The molecule has 0 aromatic heterocycles. The first-order chi connectivity index (χ1) is 22.1. The molecule has 0 spiro atoms. The number of benzene rings is 4. The molecule has 0 saturated heterocycles. The van der Waals surface area contributed by atoms with Gasteiger partial charge < -0.3 is 15.0 Å². The minimum absolute atomic E-state index is 0.0476. The molecule has 11 heteroatoms. The zero-order valence-electron chi connectivity index (χ0n) is 25.7. The van der Waals surface area contributed by atoms with Gasteiger partial charge in [-0.2, -0.15) is 0 Å². The predicted octanol–water partition coefficient (Wildman–Crippen LogP) is 6.24. The molecule has 0 aliphatic heterocycles. The Morgan fingerprint density at radius 3 is 2.22 bits per heavy atom. The molecule has 242 valence electrons. The van der Waals surface area contributed by atoms with E-state index in [2.05, 4.69) is 5.32 Å². The van der Waals surface area contributed by atoms with Gasteiger partial charge in [0, 0.05) is 25.1 Å². The third kappa shape index (κ3) is 8.64. The number of halogens is 2. The average Bonchev–Trinajstić information content (AvgIpc) is 3.06. The van der Waals surface area contributed by atoms with Crippen LogP contribution in [0.1, 0.15) is 30.9 Å². The van der Waals surface area contributed by atoms with E-state index >= 15 is 4.39 Å². The normalized spacial score (nSPS) is 11.8. The molecule has 0 aliphatic carbocycles. The Bertz CT molecular complexity index is 1720. The Morgan fingerprint density at radius 1 is 0.935 bits per heavy atom. The van der Waals surface area contributed by atoms with Gasteiger partial charge in [0.1, 0.15) is 24.2 Å². The van der Waals surface area contributed by atoms with Crippen LogP contribution in [0, 0.1) is 5.82 Å². The topological polar surface area (TPSA) is 96.0 Å². The monoisotopic (exact) mass is 665 g/mol. The van der Waals surface area contributed by atoms with Crippen LogP contribution in [0.2, 0.25) is 5.02 Å². The molecule has 0 aliphatic rings. The van der Waals surface area contributed by atoms with Crippen molar-refractivity contribution in [3.63, 3.8) is 0 Å². The second kappa shape index (κ2) is 16.2. The van der Waals surface area contributed by atoms with E-state index in [9.17, 15) is 18.0 Å². The van der Waals surface area contributed by atoms with E-state index in [-0.39, 0.29) is 34.1 Å². The number of rotatable bonds is 15. The largest absolute Gasteiger partial charge is 0.495 e. The summed E-state index contributed by atoms with van der Waals surface area (Å²) in [6.07, 6.45) is 1.70. The number of hydrogen-bond acceptors (Lipinski definition) is 5. The van der Waals surface area contributed by atoms with Gasteiger partial charge >= 0.3 is 0 Å². The van der Waals surface area contributed by atoms with E-state index in [1.165, 1.54) is 60.5 Å². The number of sulfonamides is 1. The van der Waals surface area contributed by atoms with Crippen LogP contribution in [0.4, 0.5) is 10.1 Å². The van der Waals surface area contributed by atoms with Crippen molar-refractivity contribution in [1.82, 2.24) is 10.2 Å². The fraction of sp³-hybridized carbons (Fsp3) is 0.257. The Kier molecular flexibility index (Phi) is 12.2. The predicted molar refractivity (Wildman–Crippen MR) is 178 cm³/mol. The van der Waals surface area contributed by atoms with Crippen molar-refractivity contribution in [1.29, 1.82) is 0 Å². The third-order valence-corrected chi connectivity index (χ3v) is 9.52. The quantitative estimate of drug-likeness (QED) is 0.152. The molecule has 0 unspecified atom stereocenters. The summed E-state index contributed by atoms with van der Waals surface area (Å²) < 4.78 is 49.4. The highest BCUT2D eigenvalue weighted by molar-refractivity contribution is 7.92. The Morgan fingerprint density at radius 2 is 1.59 bits per heavy atom. The first kappa shape index (κ1) is 34.5. The number of unbranched alkanes of at least 4 members (excludes halogenated alkanes) is 1. The fourth-order valence-electron chi connectivity index (χ4n) is 4.93. The molecule has 4 aromatic rings. The molecular formula is C35H37ClFN3O5S. The Balaban J connectivity index is 1.81. The van der Waals surface area contributed by atoms with Gasteiger partial charge in [0.15, 0.2) is 0 Å². The molecule has 1 N–H and O–H groups in total. The number of amides is 2. The summed E-state index contributed by atoms with van der Waals surface area (Å²) in [6, 6.07) is 26.1. The van der Waals surface area contributed by atoms with Crippen molar-refractivity contribution >= 4 is 39.1 Å². The molecule has 2 amide bonds. The highest BCUT2D eigenvalue weighted by Gasteiger charge is 2.35. The minimum Gasteiger partial charge on any atom is -0.495 e. The number of nitrogens with one attached hydrogen (secondary N) is 1.